The summed E-state index contributed by atoms with van der Waals surface area (Å²) >= 11 is 0. The first-order chi connectivity index (χ1) is 15.6. The molecule has 1 amide bonds. The Kier molecular flexibility index (Phi) is 9.44. The second kappa shape index (κ2) is 12.0. The molecule has 0 fully saturated rings. The number of alkyl halides is 3. The number of halogens is 3. The van der Waals surface area contributed by atoms with Crippen molar-refractivity contribution < 1.29 is 37.0 Å². The zero-order chi connectivity index (χ0) is 24.4. The Morgan fingerprint density at radius 2 is 1.64 bits per heavy atom. The molecular weight excluding hydrogens is 439 g/mol. The lowest BCUT2D eigenvalue weighted by Gasteiger charge is -2.19. The molecule has 0 spiro atoms. The first-order valence-corrected chi connectivity index (χ1v) is 10.4. The van der Waals surface area contributed by atoms with Gasteiger partial charge in [-0.3, -0.25) is 14.4 Å². The van der Waals surface area contributed by atoms with E-state index in [1.807, 2.05) is 0 Å². The largest absolute Gasteiger partial charge is 0.469 e. The molecule has 0 aliphatic carbocycles. The summed E-state index contributed by atoms with van der Waals surface area (Å²) in [6.45, 7) is 1.86. The van der Waals surface area contributed by atoms with E-state index in [2.05, 4.69) is 10.1 Å². The second-order valence-corrected chi connectivity index (χ2v) is 7.29. The molecular formula is C24H26F3NO5. The molecule has 1 N–H and O–H groups in total. The van der Waals surface area contributed by atoms with Crippen LogP contribution in [-0.2, 0) is 36.5 Å². The molecule has 2 aromatic carbocycles. The van der Waals surface area contributed by atoms with Crippen molar-refractivity contribution in [2.24, 2.45) is 0 Å². The Morgan fingerprint density at radius 1 is 0.970 bits per heavy atom. The Bertz CT molecular complexity index is 957. The summed E-state index contributed by atoms with van der Waals surface area (Å²) in [5, 5.41) is 2.71. The van der Waals surface area contributed by atoms with Gasteiger partial charge < -0.3 is 14.8 Å². The van der Waals surface area contributed by atoms with Crippen LogP contribution in [0.15, 0.2) is 48.5 Å². The molecule has 0 heterocycles. The SMILES string of the molecule is CCOC(=O)C[C@@H](Cc1ccc(-c2ccccc2C(F)(F)F)cc1)NC(=O)CCC(=O)OC. The van der Waals surface area contributed by atoms with Gasteiger partial charge in [0.05, 0.1) is 32.1 Å². The maximum atomic E-state index is 13.3. The highest BCUT2D eigenvalue weighted by Crippen LogP contribution is 2.36. The minimum absolute atomic E-state index is 0.0655. The van der Waals surface area contributed by atoms with Gasteiger partial charge >= 0.3 is 18.1 Å². The van der Waals surface area contributed by atoms with Crippen LogP contribution in [-0.4, -0.2) is 37.6 Å². The minimum Gasteiger partial charge on any atom is -0.469 e. The average Bonchev–Trinajstić information content (AvgIpc) is 2.77. The van der Waals surface area contributed by atoms with Crippen LogP contribution in [0.25, 0.3) is 11.1 Å². The van der Waals surface area contributed by atoms with Gasteiger partial charge in [0.1, 0.15) is 0 Å². The van der Waals surface area contributed by atoms with Crippen LogP contribution in [0.2, 0.25) is 0 Å². The number of ether oxygens (including phenoxy) is 2. The molecule has 6 nitrogen and oxygen atoms in total. The van der Waals surface area contributed by atoms with E-state index in [0.29, 0.717) is 11.1 Å². The monoisotopic (exact) mass is 465 g/mol. The van der Waals surface area contributed by atoms with Crippen LogP contribution >= 0.6 is 0 Å². The molecule has 0 saturated heterocycles. The lowest BCUT2D eigenvalue weighted by molar-refractivity contribution is -0.144. The standard InChI is InChI=1S/C24H26F3NO5/c1-3-33-23(31)15-18(28-21(29)12-13-22(30)32-2)14-16-8-10-17(11-9-16)19-6-4-5-7-20(19)24(25,26)27/h4-11,18H,3,12-15H2,1-2H3,(H,28,29)/t18-/m1/s1. The van der Waals surface area contributed by atoms with Gasteiger partial charge in [-0.2, -0.15) is 13.2 Å². The molecule has 178 valence electrons. The molecule has 1 atom stereocenters. The van der Waals surface area contributed by atoms with Gasteiger partial charge in [0, 0.05) is 12.5 Å². The Morgan fingerprint density at radius 3 is 2.24 bits per heavy atom. The summed E-state index contributed by atoms with van der Waals surface area (Å²) < 4.78 is 49.4. The fourth-order valence-corrected chi connectivity index (χ4v) is 3.30. The van der Waals surface area contributed by atoms with E-state index in [9.17, 15) is 27.6 Å². The van der Waals surface area contributed by atoms with Crippen molar-refractivity contribution >= 4 is 17.8 Å². The first kappa shape index (κ1) is 25.9. The summed E-state index contributed by atoms with van der Waals surface area (Å²) in [4.78, 5) is 35.4. The zero-order valence-electron chi connectivity index (χ0n) is 18.4. The van der Waals surface area contributed by atoms with E-state index in [1.54, 1.807) is 31.2 Å². The van der Waals surface area contributed by atoms with E-state index >= 15 is 0 Å². The fourth-order valence-electron chi connectivity index (χ4n) is 3.30. The van der Waals surface area contributed by atoms with Crippen molar-refractivity contribution in [1.82, 2.24) is 5.32 Å². The molecule has 0 aromatic heterocycles. The summed E-state index contributed by atoms with van der Waals surface area (Å²) in [5.41, 5.74) is 0.452. The third-order valence-corrected chi connectivity index (χ3v) is 4.85. The number of carbonyl (C=O) groups excluding carboxylic acids is 3. The minimum atomic E-state index is -4.48. The molecule has 0 bridgehead atoms. The highest BCUT2D eigenvalue weighted by molar-refractivity contribution is 5.82. The van der Waals surface area contributed by atoms with Gasteiger partial charge in [0.25, 0.3) is 0 Å². The number of rotatable bonds is 10. The Hall–Kier alpha value is -3.36. The summed E-state index contributed by atoms with van der Waals surface area (Å²) in [5.74, 6) is -1.45. The number of hydrogen-bond donors (Lipinski definition) is 1. The smallest absolute Gasteiger partial charge is 0.417 e. The average molecular weight is 465 g/mol. The summed E-state index contributed by atoms with van der Waals surface area (Å²) in [7, 11) is 1.22. The number of methoxy groups -OCH3 is 1. The van der Waals surface area contributed by atoms with Crippen LogP contribution in [0.1, 0.15) is 37.3 Å². The van der Waals surface area contributed by atoms with Gasteiger partial charge in [0.15, 0.2) is 0 Å². The predicted molar refractivity (Wildman–Crippen MR) is 115 cm³/mol. The van der Waals surface area contributed by atoms with Gasteiger partial charge in [-0.25, -0.2) is 0 Å². The molecule has 2 rings (SSSR count). The Labute approximate surface area is 190 Å². The van der Waals surface area contributed by atoms with Crippen molar-refractivity contribution in [3.8, 4) is 11.1 Å². The van der Waals surface area contributed by atoms with Crippen LogP contribution < -0.4 is 5.32 Å². The van der Waals surface area contributed by atoms with E-state index in [0.717, 1.165) is 6.07 Å². The van der Waals surface area contributed by atoms with Crippen molar-refractivity contribution in [1.29, 1.82) is 0 Å². The van der Waals surface area contributed by atoms with Crippen LogP contribution in [0.4, 0.5) is 13.2 Å². The van der Waals surface area contributed by atoms with Crippen molar-refractivity contribution in [3.05, 3.63) is 59.7 Å². The molecule has 0 aliphatic rings. The van der Waals surface area contributed by atoms with E-state index in [1.165, 1.54) is 25.3 Å². The molecule has 0 radical (unpaired) electrons. The van der Waals surface area contributed by atoms with Crippen LogP contribution in [0.5, 0.6) is 0 Å². The maximum absolute atomic E-state index is 13.3. The van der Waals surface area contributed by atoms with Gasteiger partial charge in [0.2, 0.25) is 5.91 Å². The highest BCUT2D eigenvalue weighted by atomic mass is 19.4. The summed E-state index contributed by atoms with van der Waals surface area (Å²) in [6, 6.07) is 11.2. The lowest BCUT2D eigenvalue weighted by Crippen LogP contribution is -2.38. The normalized spacial score (nSPS) is 12.0. The van der Waals surface area contributed by atoms with E-state index in [4.69, 9.17) is 4.74 Å². The number of esters is 2. The summed E-state index contributed by atoms with van der Waals surface area (Å²) in [6.07, 6.45) is -4.50. The number of carbonyl (C=O) groups is 3. The van der Waals surface area contributed by atoms with Gasteiger partial charge in [-0.05, 0) is 36.1 Å². The van der Waals surface area contributed by atoms with Crippen molar-refractivity contribution in [2.75, 3.05) is 13.7 Å². The maximum Gasteiger partial charge on any atom is 0.417 e. The number of hydrogen-bond acceptors (Lipinski definition) is 5. The third kappa shape index (κ3) is 8.25. The first-order valence-electron chi connectivity index (χ1n) is 10.4. The van der Waals surface area contributed by atoms with Gasteiger partial charge in [-0.15, -0.1) is 0 Å². The van der Waals surface area contributed by atoms with Gasteiger partial charge in [-0.1, -0.05) is 42.5 Å². The van der Waals surface area contributed by atoms with Crippen LogP contribution in [0.3, 0.4) is 0 Å². The van der Waals surface area contributed by atoms with Crippen molar-refractivity contribution in [2.45, 2.75) is 44.8 Å². The third-order valence-electron chi connectivity index (χ3n) is 4.85. The topological polar surface area (TPSA) is 81.7 Å². The van der Waals surface area contributed by atoms with Crippen LogP contribution in [0, 0.1) is 0 Å². The highest BCUT2D eigenvalue weighted by Gasteiger charge is 2.33. The molecule has 33 heavy (non-hydrogen) atoms. The number of amides is 1. The fraction of sp³-hybridized carbons (Fsp3) is 0.375. The number of nitrogens with one attached hydrogen (secondary N) is 1. The molecule has 0 saturated carbocycles. The zero-order valence-corrected chi connectivity index (χ0v) is 18.4. The molecule has 9 heteroatoms. The van der Waals surface area contributed by atoms with Crippen molar-refractivity contribution in [3.63, 3.8) is 0 Å². The second-order valence-electron chi connectivity index (χ2n) is 7.29. The Balaban J connectivity index is 2.15. The quantitative estimate of drug-likeness (QED) is 0.529. The lowest BCUT2D eigenvalue weighted by atomic mass is 9.96. The van der Waals surface area contributed by atoms with E-state index < -0.39 is 35.6 Å². The molecule has 0 aliphatic heterocycles. The molecule has 0 unspecified atom stereocenters. The van der Waals surface area contributed by atoms with E-state index in [-0.39, 0.29) is 37.9 Å². The molecule has 2 aromatic rings. The number of benzene rings is 2. The predicted octanol–water partition coefficient (Wildman–Crippen LogP) is 4.31.